The molecule has 0 aliphatic rings. The zero-order valence-corrected chi connectivity index (χ0v) is 12.8. The van der Waals surface area contributed by atoms with Crippen LogP contribution in [-0.4, -0.2) is 27.1 Å². The SMILES string of the molecule is C[C@@](O)(CNC(=O)CCCn1ccnc1)c1ccc(F)cc1F. The van der Waals surface area contributed by atoms with E-state index in [1.807, 2.05) is 4.57 Å². The zero-order valence-electron chi connectivity index (χ0n) is 12.8. The Balaban J connectivity index is 1.82. The fourth-order valence-electron chi connectivity index (χ4n) is 2.22. The maximum absolute atomic E-state index is 13.7. The minimum atomic E-state index is -1.61. The summed E-state index contributed by atoms with van der Waals surface area (Å²) in [6, 6.07) is 2.95. The fourth-order valence-corrected chi connectivity index (χ4v) is 2.22. The quantitative estimate of drug-likeness (QED) is 0.818. The molecular weight excluding hydrogens is 304 g/mol. The molecule has 1 heterocycles. The van der Waals surface area contributed by atoms with Crippen LogP contribution >= 0.6 is 0 Å². The number of aromatic nitrogens is 2. The maximum Gasteiger partial charge on any atom is 0.220 e. The van der Waals surface area contributed by atoms with E-state index in [1.54, 1.807) is 18.7 Å². The van der Waals surface area contributed by atoms with Crippen LogP contribution in [-0.2, 0) is 16.9 Å². The number of aryl methyl sites for hydroxylation is 1. The Kier molecular flexibility index (Phi) is 5.44. The first-order chi connectivity index (χ1) is 10.9. The second-order valence-corrected chi connectivity index (χ2v) is 5.58. The van der Waals surface area contributed by atoms with Gasteiger partial charge in [-0.3, -0.25) is 4.79 Å². The van der Waals surface area contributed by atoms with Crippen molar-refractivity contribution in [3.8, 4) is 0 Å². The molecule has 1 aromatic carbocycles. The van der Waals surface area contributed by atoms with E-state index in [0.717, 1.165) is 6.07 Å². The molecule has 124 valence electrons. The lowest BCUT2D eigenvalue weighted by molar-refractivity contribution is -0.122. The molecule has 5 nitrogen and oxygen atoms in total. The molecule has 0 bridgehead atoms. The van der Waals surface area contributed by atoms with Crippen LogP contribution in [0.25, 0.3) is 0 Å². The smallest absolute Gasteiger partial charge is 0.220 e. The second-order valence-electron chi connectivity index (χ2n) is 5.58. The Bertz CT molecular complexity index is 657. The number of nitrogens with zero attached hydrogens (tertiary/aromatic N) is 2. The van der Waals surface area contributed by atoms with Crippen LogP contribution < -0.4 is 5.32 Å². The average Bonchev–Trinajstić information content (AvgIpc) is 2.98. The number of aliphatic hydroxyl groups is 1. The van der Waals surface area contributed by atoms with E-state index in [2.05, 4.69) is 10.3 Å². The average molecular weight is 323 g/mol. The maximum atomic E-state index is 13.7. The topological polar surface area (TPSA) is 67.2 Å². The van der Waals surface area contributed by atoms with Gasteiger partial charge in [0, 0.05) is 37.0 Å². The molecule has 2 N–H and O–H groups in total. The molecule has 2 rings (SSSR count). The Morgan fingerprint density at radius 3 is 2.87 bits per heavy atom. The Hall–Kier alpha value is -2.28. The number of carbonyl (C=O) groups is 1. The predicted octanol–water partition coefficient (Wildman–Crippen LogP) is 1.97. The largest absolute Gasteiger partial charge is 0.383 e. The molecule has 1 aromatic heterocycles. The number of halogens is 2. The molecular formula is C16H19F2N3O2. The molecule has 0 unspecified atom stereocenters. The van der Waals surface area contributed by atoms with Crippen LogP contribution in [0.4, 0.5) is 8.78 Å². The van der Waals surface area contributed by atoms with Crippen molar-refractivity contribution < 1.29 is 18.7 Å². The van der Waals surface area contributed by atoms with E-state index >= 15 is 0 Å². The monoisotopic (exact) mass is 323 g/mol. The molecule has 0 radical (unpaired) electrons. The lowest BCUT2D eigenvalue weighted by Crippen LogP contribution is -2.39. The summed E-state index contributed by atoms with van der Waals surface area (Å²) in [6.07, 6.45) is 6.03. The van der Waals surface area contributed by atoms with Crippen LogP contribution in [0.2, 0.25) is 0 Å². The van der Waals surface area contributed by atoms with Gasteiger partial charge in [0.2, 0.25) is 5.91 Å². The summed E-state index contributed by atoms with van der Waals surface area (Å²) in [5, 5.41) is 12.9. The third-order valence-electron chi connectivity index (χ3n) is 3.52. The highest BCUT2D eigenvalue weighted by Gasteiger charge is 2.27. The Labute approximate surface area is 133 Å². The van der Waals surface area contributed by atoms with Crippen LogP contribution in [0.1, 0.15) is 25.3 Å². The summed E-state index contributed by atoms with van der Waals surface area (Å²) in [5.41, 5.74) is -1.67. The van der Waals surface area contributed by atoms with Gasteiger partial charge in [-0.2, -0.15) is 0 Å². The van der Waals surface area contributed by atoms with Crippen molar-refractivity contribution in [2.24, 2.45) is 0 Å². The molecule has 0 aliphatic carbocycles. The summed E-state index contributed by atoms with van der Waals surface area (Å²) >= 11 is 0. The predicted molar refractivity (Wildman–Crippen MR) is 80.4 cm³/mol. The first-order valence-electron chi connectivity index (χ1n) is 7.29. The third kappa shape index (κ3) is 4.85. The number of benzene rings is 1. The van der Waals surface area contributed by atoms with E-state index in [4.69, 9.17) is 0 Å². The standard InChI is InChI=1S/C16H19F2N3O2/c1-16(23,13-5-4-12(17)9-14(13)18)10-20-15(22)3-2-7-21-8-6-19-11-21/h4-6,8-9,11,23H,2-3,7,10H2,1H3,(H,20,22)/t16-/m1/s1. The van der Waals surface area contributed by atoms with Crippen molar-refractivity contribution >= 4 is 5.91 Å². The number of imidazole rings is 1. The molecule has 23 heavy (non-hydrogen) atoms. The number of nitrogens with one attached hydrogen (secondary N) is 1. The molecule has 7 heteroatoms. The van der Waals surface area contributed by atoms with Gasteiger partial charge in [0.15, 0.2) is 0 Å². The van der Waals surface area contributed by atoms with Gasteiger partial charge in [0.25, 0.3) is 0 Å². The van der Waals surface area contributed by atoms with Gasteiger partial charge in [-0.25, -0.2) is 13.8 Å². The summed E-state index contributed by atoms with van der Waals surface area (Å²) in [6.45, 7) is 1.88. The molecule has 0 fully saturated rings. The first-order valence-corrected chi connectivity index (χ1v) is 7.29. The molecule has 0 aliphatic heterocycles. The summed E-state index contributed by atoms with van der Waals surface area (Å²) in [4.78, 5) is 15.7. The number of carbonyl (C=O) groups excluding carboxylic acids is 1. The highest BCUT2D eigenvalue weighted by molar-refractivity contribution is 5.75. The summed E-state index contributed by atoms with van der Waals surface area (Å²) in [7, 11) is 0. The number of hydrogen-bond donors (Lipinski definition) is 2. The Morgan fingerprint density at radius 2 is 2.22 bits per heavy atom. The third-order valence-corrected chi connectivity index (χ3v) is 3.52. The number of amides is 1. The van der Waals surface area contributed by atoms with Crippen molar-refractivity contribution in [3.63, 3.8) is 0 Å². The second kappa shape index (κ2) is 7.32. The highest BCUT2D eigenvalue weighted by atomic mass is 19.1. The molecule has 1 amide bonds. The number of rotatable bonds is 7. The van der Waals surface area contributed by atoms with Crippen molar-refractivity contribution in [3.05, 3.63) is 54.1 Å². The normalized spacial score (nSPS) is 13.6. The molecule has 2 aromatic rings. The minimum Gasteiger partial charge on any atom is -0.383 e. The van der Waals surface area contributed by atoms with Gasteiger partial charge in [-0.15, -0.1) is 0 Å². The lowest BCUT2D eigenvalue weighted by Gasteiger charge is -2.24. The molecule has 0 saturated carbocycles. The van der Waals surface area contributed by atoms with Crippen LogP contribution in [0.5, 0.6) is 0 Å². The van der Waals surface area contributed by atoms with Gasteiger partial charge in [-0.1, -0.05) is 6.07 Å². The molecule has 0 saturated heterocycles. The van der Waals surface area contributed by atoms with Gasteiger partial charge < -0.3 is 15.0 Å². The minimum absolute atomic E-state index is 0.0578. The van der Waals surface area contributed by atoms with Crippen LogP contribution in [0.15, 0.2) is 36.9 Å². The van der Waals surface area contributed by atoms with Crippen molar-refractivity contribution in [2.45, 2.75) is 31.9 Å². The van der Waals surface area contributed by atoms with E-state index in [0.29, 0.717) is 19.0 Å². The summed E-state index contributed by atoms with van der Waals surface area (Å²) < 4.78 is 28.5. The summed E-state index contributed by atoms with van der Waals surface area (Å²) in [5.74, 6) is -1.80. The Morgan fingerprint density at radius 1 is 1.43 bits per heavy atom. The van der Waals surface area contributed by atoms with Gasteiger partial charge >= 0.3 is 0 Å². The van der Waals surface area contributed by atoms with Gasteiger partial charge in [0.1, 0.15) is 17.2 Å². The lowest BCUT2D eigenvalue weighted by atomic mass is 9.95. The van der Waals surface area contributed by atoms with E-state index in [-0.39, 0.29) is 24.4 Å². The zero-order chi connectivity index (χ0) is 16.9. The van der Waals surface area contributed by atoms with E-state index < -0.39 is 17.2 Å². The molecule has 1 atom stereocenters. The van der Waals surface area contributed by atoms with E-state index in [1.165, 1.54) is 13.0 Å². The number of hydrogen-bond acceptors (Lipinski definition) is 3. The van der Waals surface area contributed by atoms with Gasteiger partial charge in [-0.05, 0) is 19.4 Å². The van der Waals surface area contributed by atoms with Gasteiger partial charge in [0.05, 0.1) is 12.9 Å². The van der Waals surface area contributed by atoms with Crippen LogP contribution in [0, 0.1) is 11.6 Å². The fraction of sp³-hybridized carbons (Fsp3) is 0.375. The molecule has 0 spiro atoms. The van der Waals surface area contributed by atoms with Crippen LogP contribution in [0.3, 0.4) is 0 Å². The first kappa shape index (κ1) is 17.1. The van der Waals surface area contributed by atoms with Crippen molar-refractivity contribution in [1.82, 2.24) is 14.9 Å². The van der Waals surface area contributed by atoms with Crippen molar-refractivity contribution in [1.29, 1.82) is 0 Å². The van der Waals surface area contributed by atoms with E-state index in [9.17, 15) is 18.7 Å². The van der Waals surface area contributed by atoms with Crippen molar-refractivity contribution in [2.75, 3.05) is 6.54 Å². The highest BCUT2D eigenvalue weighted by Crippen LogP contribution is 2.23.